The third-order valence-corrected chi connectivity index (χ3v) is 4.63. The highest BCUT2D eigenvalue weighted by molar-refractivity contribution is 5.77. The molecule has 0 radical (unpaired) electrons. The zero-order valence-electron chi connectivity index (χ0n) is 15.1. The summed E-state index contributed by atoms with van der Waals surface area (Å²) in [5.41, 5.74) is 0.502. The number of benzene rings is 1. The molecule has 26 heavy (non-hydrogen) atoms. The highest BCUT2D eigenvalue weighted by atomic mass is 19.2. The largest absolute Gasteiger partial charge is 0.350 e. The molecular formula is C19H27F2N3O2. The number of urea groups is 1. The number of rotatable bonds is 7. The summed E-state index contributed by atoms with van der Waals surface area (Å²) >= 11 is 0. The van der Waals surface area contributed by atoms with Crippen LogP contribution in [-0.2, 0) is 4.79 Å². The van der Waals surface area contributed by atoms with E-state index in [1.54, 1.807) is 6.92 Å². The summed E-state index contributed by atoms with van der Waals surface area (Å²) in [4.78, 5) is 23.7. The van der Waals surface area contributed by atoms with Crippen molar-refractivity contribution in [1.29, 1.82) is 0 Å². The molecule has 5 nitrogen and oxygen atoms in total. The van der Waals surface area contributed by atoms with Gasteiger partial charge in [0.1, 0.15) is 0 Å². The molecule has 0 aliphatic heterocycles. The smallest absolute Gasteiger partial charge is 0.315 e. The minimum absolute atomic E-state index is 0.188. The predicted octanol–water partition coefficient (Wildman–Crippen LogP) is 3.55. The molecule has 1 saturated carbocycles. The van der Waals surface area contributed by atoms with Gasteiger partial charge in [0.2, 0.25) is 5.91 Å². The van der Waals surface area contributed by atoms with Gasteiger partial charge < -0.3 is 16.0 Å². The molecular weight excluding hydrogens is 340 g/mol. The fourth-order valence-electron chi connectivity index (χ4n) is 3.11. The lowest BCUT2D eigenvalue weighted by Crippen LogP contribution is -2.43. The quantitative estimate of drug-likeness (QED) is 0.645. The van der Waals surface area contributed by atoms with Crippen LogP contribution in [0.2, 0.25) is 0 Å². The van der Waals surface area contributed by atoms with Gasteiger partial charge in [-0.1, -0.05) is 25.3 Å². The van der Waals surface area contributed by atoms with Gasteiger partial charge in [-0.25, -0.2) is 13.6 Å². The number of hydrogen-bond acceptors (Lipinski definition) is 2. The molecule has 0 heterocycles. The Morgan fingerprint density at radius 3 is 2.58 bits per heavy atom. The molecule has 0 bridgehead atoms. The van der Waals surface area contributed by atoms with E-state index in [9.17, 15) is 18.4 Å². The minimum Gasteiger partial charge on any atom is -0.350 e. The van der Waals surface area contributed by atoms with Crippen molar-refractivity contribution in [3.05, 3.63) is 35.4 Å². The lowest BCUT2D eigenvalue weighted by molar-refractivity contribution is -0.121. The second-order valence-corrected chi connectivity index (χ2v) is 6.80. The molecule has 1 aliphatic carbocycles. The van der Waals surface area contributed by atoms with Crippen molar-refractivity contribution in [3.8, 4) is 0 Å². The SMILES string of the molecule is CC(NC(=O)CCCNC(=O)NC1CCCCC1)c1ccc(F)c(F)c1. The molecule has 0 saturated heterocycles. The average molecular weight is 367 g/mol. The van der Waals surface area contributed by atoms with Gasteiger partial charge in [-0.3, -0.25) is 4.79 Å². The van der Waals surface area contributed by atoms with Crippen LogP contribution in [-0.4, -0.2) is 24.5 Å². The van der Waals surface area contributed by atoms with Gasteiger partial charge in [-0.15, -0.1) is 0 Å². The maximum Gasteiger partial charge on any atom is 0.315 e. The van der Waals surface area contributed by atoms with Gasteiger partial charge in [0.15, 0.2) is 11.6 Å². The van der Waals surface area contributed by atoms with Crippen molar-refractivity contribution in [2.24, 2.45) is 0 Å². The summed E-state index contributed by atoms with van der Waals surface area (Å²) in [5.74, 6) is -2.04. The number of carbonyl (C=O) groups is 2. The van der Waals surface area contributed by atoms with Gasteiger partial charge in [-0.2, -0.15) is 0 Å². The Labute approximate surface area is 152 Å². The van der Waals surface area contributed by atoms with Gasteiger partial charge in [0, 0.05) is 19.0 Å². The number of halogens is 2. The van der Waals surface area contributed by atoms with Crippen molar-refractivity contribution in [2.75, 3.05) is 6.54 Å². The van der Waals surface area contributed by atoms with Crippen molar-refractivity contribution >= 4 is 11.9 Å². The van der Waals surface area contributed by atoms with Crippen molar-refractivity contribution in [1.82, 2.24) is 16.0 Å². The molecule has 1 aliphatic rings. The molecule has 0 aromatic heterocycles. The number of nitrogens with one attached hydrogen (secondary N) is 3. The van der Waals surface area contributed by atoms with Crippen LogP contribution in [0.4, 0.5) is 13.6 Å². The molecule has 1 unspecified atom stereocenters. The monoisotopic (exact) mass is 367 g/mol. The molecule has 3 N–H and O–H groups in total. The summed E-state index contributed by atoms with van der Waals surface area (Å²) in [6.07, 6.45) is 6.35. The first kappa shape index (κ1) is 20.1. The predicted molar refractivity (Wildman–Crippen MR) is 95.6 cm³/mol. The van der Waals surface area contributed by atoms with Crippen LogP contribution in [0.25, 0.3) is 0 Å². The summed E-state index contributed by atoms with van der Waals surface area (Å²) in [5, 5.41) is 8.46. The normalized spacial score (nSPS) is 16.0. The Morgan fingerprint density at radius 2 is 1.88 bits per heavy atom. The second-order valence-electron chi connectivity index (χ2n) is 6.80. The van der Waals surface area contributed by atoms with Gasteiger partial charge in [-0.05, 0) is 43.9 Å². The molecule has 1 aromatic rings. The van der Waals surface area contributed by atoms with E-state index in [0.29, 0.717) is 18.5 Å². The Balaban J connectivity index is 1.62. The van der Waals surface area contributed by atoms with Crippen molar-refractivity contribution < 1.29 is 18.4 Å². The van der Waals surface area contributed by atoms with Crippen LogP contribution in [0.1, 0.15) is 63.5 Å². The number of amides is 3. The van der Waals surface area contributed by atoms with Crippen LogP contribution in [0.3, 0.4) is 0 Å². The minimum atomic E-state index is -0.934. The first-order valence-corrected chi connectivity index (χ1v) is 9.24. The van der Waals surface area contributed by atoms with E-state index in [0.717, 1.165) is 37.8 Å². The summed E-state index contributed by atoms with van der Waals surface area (Å²) in [6, 6.07) is 3.22. The van der Waals surface area contributed by atoms with E-state index >= 15 is 0 Å². The van der Waals surface area contributed by atoms with Crippen LogP contribution in [0.15, 0.2) is 18.2 Å². The zero-order chi connectivity index (χ0) is 18.9. The van der Waals surface area contributed by atoms with Crippen LogP contribution < -0.4 is 16.0 Å². The number of hydrogen-bond donors (Lipinski definition) is 3. The maximum absolute atomic E-state index is 13.2. The fourth-order valence-corrected chi connectivity index (χ4v) is 3.11. The first-order chi connectivity index (χ1) is 12.5. The molecule has 144 valence electrons. The lowest BCUT2D eigenvalue weighted by atomic mass is 9.96. The summed E-state index contributed by atoms with van der Waals surface area (Å²) < 4.78 is 26.2. The molecule has 0 spiro atoms. The Hall–Kier alpha value is -2.18. The van der Waals surface area contributed by atoms with Crippen molar-refractivity contribution in [3.63, 3.8) is 0 Å². The van der Waals surface area contributed by atoms with E-state index in [4.69, 9.17) is 0 Å². The average Bonchev–Trinajstić information content (AvgIpc) is 2.62. The van der Waals surface area contributed by atoms with Gasteiger partial charge in [0.25, 0.3) is 0 Å². The van der Waals surface area contributed by atoms with E-state index in [1.807, 2.05) is 0 Å². The van der Waals surface area contributed by atoms with E-state index in [-0.39, 0.29) is 24.4 Å². The topological polar surface area (TPSA) is 70.2 Å². The fraction of sp³-hybridized carbons (Fsp3) is 0.579. The summed E-state index contributed by atoms with van der Waals surface area (Å²) in [6.45, 7) is 2.12. The molecule has 7 heteroatoms. The van der Waals surface area contributed by atoms with E-state index in [2.05, 4.69) is 16.0 Å². The highest BCUT2D eigenvalue weighted by Crippen LogP contribution is 2.17. The van der Waals surface area contributed by atoms with Gasteiger partial charge in [0.05, 0.1) is 6.04 Å². The van der Waals surface area contributed by atoms with Gasteiger partial charge >= 0.3 is 6.03 Å². The first-order valence-electron chi connectivity index (χ1n) is 9.24. The molecule has 3 amide bonds. The van der Waals surface area contributed by atoms with Crippen LogP contribution in [0.5, 0.6) is 0 Å². The molecule has 1 aromatic carbocycles. The second kappa shape index (κ2) is 10.1. The Morgan fingerprint density at radius 1 is 1.15 bits per heavy atom. The van der Waals surface area contributed by atoms with Crippen LogP contribution in [0, 0.1) is 11.6 Å². The third kappa shape index (κ3) is 6.61. The highest BCUT2D eigenvalue weighted by Gasteiger charge is 2.15. The third-order valence-electron chi connectivity index (χ3n) is 4.63. The Kier molecular flexibility index (Phi) is 7.81. The zero-order valence-corrected chi connectivity index (χ0v) is 15.1. The molecule has 2 rings (SSSR count). The van der Waals surface area contributed by atoms with E-state index < -0.39 is 17.7 Å². The van der Waals surface area contributed by atoms with E-state index in [1.165, 1.54) is 12.5 Å². The molecule has 1 atom stereocenters. The summed E-state index contributed by atoms with van der Waals surface area (Å²) in [7, 11) is 0. The lowest BCUT2D eigenvalue weighted by Gasteiger charge is -2.22. The van der Waals surface area contributed by atoms with Crippen LogP contribution >= 0.6 is 0 Å². The number of carbonyl (C=O) groups excluding carboxylic acids is 2. The molecule has 1 fully saturated rings. The maximum atomic E-state index is 13.2. The van der Waals surface area contributed by atoms with Crippen molar-refractivity contribution in [2.45, 2.75) is 64.0 Å². The standard InChI is InChI=1S/C19H27F2N3O2/c1-13(14-9-10-16(20)17(21)12-14)23-18(25)8-5-11-22-19(26)24-15-6-3-2-4-7-15/h9-10,12-13,15H,2-8,11H2,1H3,(H,23,25)(H2,22,24,26). The Bertz CT molecular complexity index is 619.